The number of hydrogen-bond acceptors (Lipinski definition) is 11. The number of aromatic nitrogens is 4. The van der Waals surface area contributed by atoms with Crippen LogP contribution in [0.3, 0.4) is 0 Å². The van der Waals surface area contributed by atoms with Gasteiger partial charge in [-0.15, -0.1) is 0 Å². The molecule has 0 fully saturated rings. The van der Waals surface area contributed by atoms with Crippen molar-refractivity contribution < 1.29 is 24.6 Å². The number of amides is 1. The van der Waals surface area contributed by atoms with E-state index in [2.05, 4.69) is 30.6 Å². The zero-order valence-electron chi connectivity index (χ0n) is 17.2. The Kier molecular flexibility index (Phi) is 9.08. The van der Waals surface area contributed by atoms with Crippen LogP contribution in [0.25, 0.3) is 11.2 Å². The van der Waals surface area contributed by atoms with Gasteiger partial charge < -0.3 is 36.2 Å². The van der Waals surface area contributed by atoms with Gasteiger partial charge in [0.25, 0.3) is 11.5 Å². The van der Waals surface area contributed by atoms with E-state index in [-0.39, 0.29) is 73.4 Å². The molecule has 0 aliphatic rings. The zero-order valence-corrected chi connectivity index (χ0v) is 19.4. The minimum Gasteiger partial charge on any atom is -0.550 e. The van der Waals surface area contributed by atoms with Crippen molar-refractivity contribution >= 4 is 78.4 Å². The molecule has 13 nitrogen and oxygen atoms in total. The summed E-state index contributed by atoms with van der Waals surface area (Å²) in [6.45, 7) is 0.235. The van der Waals surface area contributed by atoms with Crippen molar-refractivity contribution in [2.75, 3.05) is 11.1 Å². The van der Waals surface area contributed by atoms with Gasteiger partial charge in [0.1, 0.15) is 0 Å². The molecule has 5 N–H and O–H groups in total. The van der Waals surface area contributed by atoms with Gasteiger partial charge in [0, 0.05) is 17.2 Å². The third kappa shape index (κ3) is 7.10. The molecule has 0 saturated carbocycles. The first kappa shape index (κ1) is 26.0. The number of hydrogen-bond donors (Lipinski definition) is 4. The first-order valence-corrected chi connectivity index (χ1v) is 9.30. The molecule has 1 amide bonds. The molecular formula is C19H17CaN7O6. The molecule has 0 aliphatic carbocycles. The van der Waals surface area contributed by atoms with E-state index < -0.39 is 35.9 Å². The number of anilines is 2. The van der Waals surface area contributed by atoms with E-state index in [4.69, 9.17) is 5.73 Å². The molecule has 33 heavy (non-hydrogen) atoms. The van der Waals surface area contributed by atoms with Gasteiger partial charge in [-0.25, -0.2) is 9.97 Å². The van der Waals surface area contributed by atoms with Crippen LogP contribution in [0.15, 0.2) is 35.3 Å². The average Bonchev–Trinajstić information content (AvgIpc) is 2.74. The molecule has 0 unspecified atom stereocenters. The molecule has 3 aromatic rings. The third-order valence-corrected chi connectivity index (χ3v) is 4.33. The van der Waals surface area contributed by atoms with E-state index in [1.54, 1.807) is 12.1 Å². The van der Waals surface area contributed by atoms with Crippen molar-refractivity contribution in [2.45, 2.75) is 25.4 Å². The van der Waals surface area contributed by atoms with E-state index in [1.165, 1.54) is 18.3 Å². The number of carbonyl (C=O) groups excluding carboxylic acids is 3. The molecule has 3 rings (SSSR count). The van der Waals surface area contributed by atoms with E-state index in [9.17, 15) is 29.4 Å². The van der Waals surface area contributed by atoms with Crippen LogP contribution in [0.1, 0.15) is 28.9 Å². The van der Waals surface area contributed by atoms with Crippen LogP contribution in [-0.2, 0) is 16.1 Å². The smallest absolute Gasteiger partial charge is 0.550 e. The molecule has 2 aromatic heterocycles. The van der Waals surface area contributed by atoms with Gasteiger partial charge in [-0.3, -0.25) is 14.6 Å². The number of carboxylic acid groups (broad SMARTS) is 2. The van der Waals surface area contributed by atoms with Gasteiger partial charge in [0.15, 0.2) is 11.2 Å². The van der Waals surface area contributed by atoms with Crippen molar-refractivity contribution in [3.8, 4) is 0 Å². The van der Waals surface area contributed by atoms with Crippen molar-refractivity contribution in [3.63, 3.8) is 0 Å². The van der Waals surface area contributed by atoms with Crippen LogP contribution in [-0.4, -0.2) is 81.6 Å². The number of nitrogens with two attached hydrogens (primary N) is 1. The Bertz CT molecular complexity index is 1230. The van der Waals surface area contributed by atoms with Crippen LogP contribution in [0, 0.1) is 0 Å². The molecule has 0 bridgehead atoms. The summed E-state index contributed by atoms with van der Waals surface area (Å²) in [6, 6.07) is 4.62. The quantitative estimate of drug-likeness (QED) is 0.225. The van der Waals surface area contributed by atoms with Gasteiger partial charge in [-0.1, -0.05) is 0 Å². The fourth-order valence-corrected chi connectivity index (χ4v) is 2.74. The Hall–Kier alpha value is -3.29. The number of rotatable bonds is 9. The minimum atomic E-state index is -1.59. The summed E-state index contributed by atoms with van der Waals surface area (Å²) in [5.74, 6) is -3.79. The van der Waals surface area contributed by atoms with E-state index in [0.717, 1.165) is 0 Å². The average molecular weight is 479 g/mol. The number of aromatic amines is 1. The minimum absolute atomic E-state index is 0. The van der Waals surface area contributed by atoms with Gasteiger partial charge in [-0.05, 0) is 37.1 Å². The molecule has 0 saturated heterocycles. The first-order valence-electron chi connectivity index (χ1n) is 9.30. The largest absolute Gasteiger partial charge is 2.00 e. The molecule has 0 aliphatic heterocycles. The van der Waals surface area contributed by atoms with Crippen molar-refractivity contribution in [1.82, 2.24) is 25.3 Å². The number of benzene rings is 1. The van der Waals surface area contributed by atoms with Crippen LogP contribution in [0.5, 0.6) is 0 Å². The maximum atomic E-state index is 12.2. The monoisotopic (exact) mass is 479 g/mol. The SMILES string of the molecule is Nc1nc2nc(CNc3ccc(C(=O)N[C@@H](CCC(=O)[O-])C(=O)[O-])cc3)cnc2c(=O)[nH]1.[Ca+2]. The Morgan fingerprint density at radius 3 is 2.45 bits per heavy atom. The Morgan fingerprint density at radius 2 is 1.82 bits per heavy atom. The number of carbonyl (C=O) groups is 3. The van der Waals surface area contributed by atoms with E-state index in [1.807, 2.05) is 0 Å². The Labute approximate surface area is 215 Å². The molecule has 166 valence electrons. The molecule has 14 heteroatoms. The van der Waals surface area contributed by atoms with Gasteiger partial charge in [0.2, 0.25) is 5.95 Å². The predicted molar refractivity (Wildman–Crippen MR) is 112 cm³/mol. The third-order valence-electron chi connectivity index (χ3n) is 4.33. The second-order valence-corrected chi connectivity index (χ2v) is 6.67. The second kappa shape index (κ2) is 11.5. The summed E-state index contributed by atoms with van der Waals surface area (Å²) in [5.41, 5.74) is 6.46. The molecule has 1 aromatic carbocycles. The standard InChI is InChI=1S/C19H19N7O6.Ca/c20-19-25-15-14(17(30)26-19)22-8-11(23-15)7-21-10-3-1-9(2-4-10)16(29)24-12(18(31)32)5-6-13(27)28;/h1-4,8,12,21H,5-7H2,(H,24,29)(H,27,28)(H,31,32)(H3,20,23,25,26,30);/q;+2/p-2/t12-;/m0./s1. The topological polar surface area (TPSA) is 219 Å². The maximum Gasteiger partial charge on any atom is 2.00 e. The molecule has 0 radical (unpaired) electrons. The first-order chi connectivity index (χ1) is 15.2. The number of fused-ring (bicyclic) bond motifs is 1. The molecular weight excluding hydrogens is 462 g/mol. The van der Waals surface area contributed by atoms with Crippen LogP contribution in [0.2, 0.25) is 0 Å². The van der Waals surface area contributed by atoms with Crippen LogP contribution < -0.4 is 32.1 Å². The van der Waals surface area contributed by atoms with E-state index in [0.29, 0.717) is 11.4 Å². The van der Waals surface area contributed by atoms with Crippen molar-refractivity contribution in [2.24, 2.45) is 0 Å². The van der Waals surface area contributed by atoms with Gasteiger partial charge >= 0.3 is 37.7 Å². The predicted octanol–water partition coefficient (Wildman–Crippen LogP) is -3.09. The Balaban J connectivity index is 0.00000385. The fourth-order valence-electron chi connectivity index (χ4n) is 2.74. The summed E-state index contributed by atoms with van der Waals surface area (Å²) in [7, 11) is 0. The number of carboxylic acids is 2. The number of H-pyrrole nitrogens is 1. The summed E-state index contributed by atoms with van der Waals surface area (Å²) in [6.07, 6.45) is 0.530. The molecule has 0 spiro atoms. The van der Waals surface area contributed by atoms with Crippen LogP contribution >= 0.6 is 0 Å². The van der Waals surface area contributed by atoms with Gasteiger partial charge in [-0.2, -0.15) is 4.98 Å². The van der Waals surface area contributed by atoms with Crippen molar-refractivity contribution in [3.05, 3.63) is 52.1 Å². The normalized spacial score (nSPS) is 11.3. The maximum absolute atomic E-state index is 12.2. The summed E-state index contributed by atoms with van der Waals surface area (Å²) < 4.78 is 0. The Morgan fingerprint density at radius 1 is 1.12 bits per heavy atom. The number of nitrogens with zero attached hydrogens (tertiary/aromatic N) is 3. The summed E-state index contributed by atoms with van der Waals surface area (Å²) in [4.78, 5) is 60.1. The molecule has 2 heterocycles. The molecule has 1 atom stereocenters. The summed E-state index contributed by atoms with van der Waals surface area (Å²) in [5, 5.41) is 26.9. The van der Waals surface area contributed by atoms with E-state index >= 15 is 0 Å². The number of nitrogens with one attached hydrogen (secondary N) is 3. The number of nitrogen functional groups attached to an aromatic ring is 1. The van der Waals surface area contributed by atoms with Crippen LogP contribution in [0.4, 0.5) is 11.6 Å². The second-order valence-electron chi connectivity index (χ2n) is 6.67. The summed E-state index contributed by atoms with van der Waals surface area (Å²) >= 11 is 0. The number of aliphatic carboxylic acids is 2. The zero-order chi connectivity index (χ0) is 23.3. The van der Waals surface area contributed by atoms with Gasteiger partial charge in [0.05, 0.1) is 30.4 Å². The fraction of sp³-hybridized carbons (Fsp3) is 0.211. The van der Waals surface area contributed by atoms with Crippen molar-refractivity contribution in [1.29, 1.82) is 0 Å².